The molecule has 25 heavy (non-hydrogen) atoms. The molecule has 0 aliphatic carbocycles. The third kappa shape index (κ3) is 2.81. The lowest BCUT2D eigenvalue weighted by Gasteiger charge is -2.31. The molecule has 2 atom stereocenters. The Hall–Kier alpha value is -2.63. The van der Waals surface area contributed by atoms with Gasteiger partial charge in [0.05, 0.1) is 12.6 Å². The van der Waals surface area contributed by atoms with Crippen LogP contribution in [-0.4, -0.2) is 45.1 Å². The van der Waals surface area contributed by atoms with Crippen LogP contribution in [0.5, 0.6) is 0 Å². The molecule has 0 unspecified atom stereocenters. The predicted octanol–water partition coefficient (Wildman–Crippen LogP) is 1.85. The van der Waals surface area contributed by atoms with E-state index in [-0.39, 0.29) is 17.9 Å². The van der Waals surface area contributed by atoms with E-state index in [4.69, 9.17) is 0 Å². The lowest BCUT2D eigenvalue weighted by atomic mass is 10.1. The number of aromatic nitrogens is 2. The van der Waals surface area contributed by atoms with Crippen LogP contribution in [0.4, 0.5) is 5.69 Å². The van der Waals surface area contributed by atoms with Gasteiger partial charge in [-0.15, -0.1) is 0 Å². The van der Waals surface area contributed by atoms with Crippen molar-refractivity contribution in [3.8, 4) is 0 Å². The number of carbonyl (C=O) groups excluding carboxylic acids is 2. The summed E-state index contributed by atoms with van der Waals surface area (Å²) in [5, 5.41) is 4.26. The Morgan fingerprint density at radius 3 is 2.84 bits per heavy atom. The summed E-state index contributed by atoms with van der Waals surface area (Å²) in [6, 6.07) is 9.42. The van der Waals surface area contributed by atoms with Crippen LogP contribution < -0.4 is 4.90 Å². The summed E-state index contributed by atoms with van der Waals surface area (Å²) in [5.41, 5.74) is 1.94. The number of para-hydroxylation sites is 1. The minimum Gasteiger partial charge on any atom is -0.336 e. The number of anilines is 1. The van der Waals surface area contributed by atoms with Crippen LogP contribution in [0.2, 0.25) is 0 Å². The van der Waals surface area contributed by atoms with Crippen molar-refractivity contribution >= 4 is 17.5 Å². The topological polar surface area (TPSA) is 58.4 Å². The van der Waals surface area contributed by atoms with Crippen LogP contribution in [0.25, 0.3) is 0 Å². The van der Waals surface area contributed by atoms with E-state index in [9.17, 15) is 9.59 Å². The maximum atomic E-state index is 13.3. The smallest absolute Gasteiger partial charge is 0.246 e. The van der Waals surface area contributed by atoms with Gasteiger partial charge in [0, 0.05) is 38.0 Å². The van der Waals surface area contributed by atoms with Crippen LogP contribution in [-0.2, 0) is 22.6 Å². The molecule has 0 N–H and O–H groups in total. The van der Waals surface area contributed by atoms with E-state index in [2.05, 4.69) is 5.10 Å². The number of likely N-dealkylation sites (tertiary alicyclic amines) is 1. The standard InChI is InChI=1S/C19H22N4O2/c1-14(24)23-17-8-3-2-6-15(17)12-18(23)19(25)22-11-4-7-16(22)13-21-10-5-9-20-21/h2-3,5-6,8-10,16,18H,4,7,11-13H2,1H3/t16-,18+/m1/s1. The molecule has 1 aromatic heterocycles. The Labute approximate surface area is 147 Å². The van der Waals surface area contributed by atoms with Gasteiger partial charge in [0.2, 0.25) is 11.8 Å². The first-order valence-electron chi connectivity index (χ1n) is 8.81. The number of hydrogen-bond donors (Lipinski definition) is 0. The Bertz CT molecular complexity index is 786. The highest BCUT2D eigenvalue weighted by Crippen LogP contribution is 2.34. The van der Waals surface area contributed by atoms with E-state index in [0.717, 1.165) is 30.6 Å². The largest absolute Gasteiger partial charge is 0.336 e. The van der Waals surface area contributed by atoms with Gasteiger partial charge in [0.15, 0.2) is 0 Å². The van der Waals surface area contributed by atoms with E-state index in [0.29, 0.717) is 13.0 Å². The molecule has 2 aromatic rings. The number of fused-ring (bicyclic) bond motifs is 1. The SMILES string of the molecule is CC(=O)N1c2ccccc2C[C@H]1C(=O)N1CCC[C@@H]1Cn1cccn1. The number of benzene rings is 1. The molecule has 2 aliphatic heterocycles. The van der Waals surface area contributed by atoms with Gasteiger partial charge in [-0.2, -0.15) is 5.10 Å². The van der Waals surface area contributed by atoms with E-state index in [1.807, 2.05) is 46.1 Å². The van der Waals surface area contributed by atoms with Crippen LogP contribution in [0.15, 0.2) is 42.7 Å². The van der Waals surface area contributed by atoms with Crippen molar-refractivity contribution in [3.05, 3.63) is 48.3 Å². The third-order valence-electron chi connectivity index (χ3n) is 5.22. The molecule has 0 radical (unpaired) electrons. The van der Waals surface area contributed by atoms with Crippen LogP contribution in [0.3, 0.4) is 0 Å². The molecule has 0 saturated carbocycles. The number of carbonyl (C=O) groups is 2. The second-order valence-electron chi connectivity index (χ2n) is 6.79. The summed E-state index contributed by atoms with van der Waals surface area (Å²) in [6.07, 6.45) is 6.25. The lowest BCUT2D eigenvalue weighted by Crippen LogP contribution is -2.51. The maximum absolute atomic E-state index is 13.3. The molecule has 1 fully saturated rings. The summed E-state index contributed by atoms with van der Waals surface area (Å²) in [4.78, 5) is 29.1. The summed E-state index contributed by atoms with van der Waals surface area (Å²) in [7, 11) is 0. The van der Waals surface area contributed by atoms with Crippen LogP contribution in [0, 0.1) is 0 Å². The molecule has 6 heteroatoms. The molecule has 3 heterocycles. The number of rotatable bonds is 3. The fourth-order valence-electron chi connectivity index (χ4n) is 4.10. The van der Waals surface area contributed by atoms with Crippen molar-refractivity contribution in [1.29, 1.82) is 0 Å². The summed E-state index contributed by atoms with van der Waals surface area (Å²) >= 11 is 0. The van der Waals surface area contributed by atoms with Gasteiger partial charge in [0.1, 0.15) is 6.04 Å². The van der Waals surface area contributed by atoms with Crippen LogP contribution in [0.1, 0.15) is 25.3 Å². The highest BCUT2D eigenvalue weighted by molar-refractivity contribution is 6.02. The zero-order valence-electron chi connectivity index (χ0n) is 14.3. The first-order chi connectivity index (χ1) is 12.1. The van der Waals surface area contributed by atoms with Gasteiger partial charge in [-0.25, -0.2) is 0 Å². The molecule has 0 spiro atoms. The Morgan fingerprint density at radius 1 is 1.24 bits per heavy atom. The quantitative estimate of drug-likeness (QED) is 0.858. The molecular formula is C19H22N4O2. The maximum Gasteiger partial charge on any atom is 0.246 e. The second kappa shape index (κ2) is 6.35. The molecule has 2 aliphatic rings. The van der Waals surface area contributed by atoms with Gasteiger partial charge in [-0.1, -0.05) is 18.2 Å². The molecule has 4 rings (SSSR count). The minimum atomic E-state index is -0.423. The van der Waals surface area contributed by atoms with Gasteiger partial charge >= 0.3 is 0 Å². The molecule has 130 valence electrons. The van der Waals surface area contributed by atoms with Crippen molar-refractivity contribution < 1.29 is 9.59 Å². The summed E-state index contributed by atoms with van der Waals surface area (Å²) in [5.74, 6) is -0.0211. The molecule has 2 amide bonds. The van der Waals surface area contributed by atoms with Crippen molar-refractivity contribution in [3.63, 3.8) is 0 Å². The van der Waals surface area contributed by atoms with Gasteiger partial charge in [0.25, 0.3) is 0 Å². The molecule has 1 aromatic carbocycles. The summed E-state index contributed by atoms with van der Waals surface area (Å²) in [6.45, 7) is 3.00. The van der Waals surface area contributed by atoms with Crippen molar-refractivity contribution in [1.82, 2.24) is 14.7 Å². The predicted molar refractivity (Wildman–Crippen MR) is 94.1 cm³/mol. The fourth-order valence-corrected chi connectivity index (χ4v) is 4.10. The average Bonchev–Trinajstić information content (AvgIpc) is 3.33. The number of amides is 2. The Kier molecular flexibility index (Phi) is 4.03. The fraction of sp³-hybridized carbons (Fsp3) is 0.421. The third-order valence-corrected chi connectivity index (χ3v) is 5.22. The van der Waals surface area contributed by atoms with E-state index in [1.165, 1.54) is 6.92 Å². The van der Waals surface area contributed by atoms with E-state index in [1.54, 1.807) is 11.1 Å². The molecule has 6 nitrogen and oxygen atoms in total. The molecular weight excluding hydrogens is 316 g/mol. The Balaban J connectivity index is 1.56. The molecule has 1 saturated heterocycles. The van der Waals surface area contributed by atoms with E-state index < -0.39 is 6.04 Å². The highest BCUT2D eigenvalue weighted by atomic mass is 16.2. The first kappa shape index (κ1) is 15.9. The normalized spacial score (nSPS) is 22.3. The Morgan fingerprint density at radius 2 is 2.08 bits per heavy atom. The zero-order valence-corrected chi connectivity index (χ0v) is 14.3. The van der Waals surface area contributed by atoms with Gasteiger partial charge in [-0.3, -0.25) is 19.2 Å². The zero-order chi connectivity index (χ0) is 17.4. The minimum absolute atomic E-state index is 0.0565. The van der Waals surface area contributed by atoms with Crippen molar-refractivity contribution in [2.45, 2.75) is 44.8 Å². The van der Waals surface area contributed by atoms with Crippen molar-refractivity contribution in [2.75, 3.05) is 11.4 Å². The van der Waals surface area contributed by atoms with Gasteiger partial charge in [-0.05, 0) is 30.5 Å². The number of nitrogens with zero attached hydrogens (tertiary/aromatic N) is 4. The van der Waals surface area contributed by atoms with Crippen molar-refractivity contribution in [2.24, 2.45) is 0 Å². The highest BCUT2D eigenvalue weighted by Gasteiger charge is 2.41. The second-order valence-corrected chi connectivity index (χ2v) is 6.79. The lowest BCUT2D eigenvalue weighted by molar-refractivity contribution is -0.135. The number of hydrogen-bond acceptors (Lipinski definition) is 3. The first-order valence-corrected chi connectivity index (χ1v) is 8.81. The molecule has 0 bridgehead atoms. The van der Waals surface area contributed by atoms with E-state index >= 15 is 0 Å². The van der Waals surface area contributed by atoms with Crippen LogP contribution >= 0.6 is 0 Å². The summed E-state index contributed by atoms with van der Waals surface area (Å²) < 4.78 is 1.88. The monoisotopic (exact) mass is 338 g/mol. The average molecular weight is 338 g/mol. The van der Waals surface area contributed by atoms with Gasteiger partial charge < -0.3 is 4.90 Å².